The van der Waals surface area contributed by atoms with Crippen molar-refractivity contribution in [3.63, 3.8) is 0 Å². The summed E-state index contributed by atoms with van der Waals surface area (Å²) in [5.74, 6) is 1.61. The fourth-order valence-electron chi connectivity index (χ4n) is 5.05. The van der Waals surface area contributed by atoms with Crippen LogP contribution in [0.2, 0.25) is 0 Å². The van der Waals surface area contributed by atoms with Crippen LogP contribution in [0.5, 0.6) is 0 Å². The van der Waals surface area contributed by atoms with Gasteiger partial charge in [-0.25, -0.2) is 9.97 Å². The Morgan fingerprint density at radius 3 is 2.42 bits per heavy atom. The average Bonchev–Trinajstić information content (AvgIpc) is 3.31. The van der Waals surface area contributed by atoms with Gasteiger partial charge in [0.05, 0.1) is 29.4 Å². The Bertz CT molecular complexity index is 1330. The third kappa shape index (κ3) is 5.46. The van der Waals surface area contributed by atoms with Crippen molar-refractivity contribution in [3.05, 3.63) is 88.9 Å². The van der Waals surface area contributed by atoms with Crippen molar-refractivity contribution in [1.82, 2.24) is 15.1 Å². The molecule has 6 heteroatoms. The van der Waals surface area contributed by atoms with Crippen molar-refractivity contribution in [2.75, 3.05) is 5.32 Å². The van der Waals surface area contributed by atoms with Gasteiger partial charge in [-0.1, -0.05) is 66.9 Å². The van der Waals surface area contributed by atoms with Gasteiger partial charge in [-0.2, -0.15) is 5.26 Å². The number of nitrogens with one attached hydrogen (secondary N) is 1. The number of rotatable bonds is 8. The van der Waals surface area contributed by atoms with E-state index < -0.39 is 0 Å². The zero-order valence-corrected chi connectivity index (χ0v) is 20.7. The van der Waals surface area contributed by atoms with Gasteiger partial charge in [0.1, 0.15) is 5.76 Å². The Morgan fingerprint density at radius 2 is 1.69 bits per heavy atom. The van der Waals surface area contributed by atoms with Crippen molar-refractivity contribution in [3.8, 4) is 17.3 Å². The van der Waals surface area contributed by atoms with Crippen LogP contribution in [0, 0.1) is 18.3 Å². The van der Waals surface area contributed by atoms with E-state index in [1.54, 1.807) is 6.20 Å². The zero-order chi connectivity index (χ0) is 24.7. The van der Waals surface area contributed by atoms with Crippen LogP contribution in [0.15, 0.2) is 65.3 Å². The maximum Gasteiger partial charge on any atom is 0.227 e. The van der Waals surface area contributed by atoms with Gasteiger partial charge in [-0.05, 0) is 55.9 Å². The second-order valence-electron chi connectivity index (χ2n) is 9.54. The van der Waals surface area contributed by atoms with Crippen LogP contribution in [-0.4, -0.2) is 15.1 Å². The molecule has 0 atom stereocenters. The lowest BCUT2D eigenvalue weighted by atomic mass is 9.84. The highest BCUT2D eigenvalue weighted by Crippen LogP contribution is 2.39. The molecule has 1 saturated carbocycles. The first-order chi connectivity index (χ1) is 17.7. The Balaban J connectivity index is 1.37. The molecule has 0 amide bonds. The van der Waals surface area contributed by atoms with Gasteiger partial charge < -0.3 is 9.84 Å². The van der Waals surface area contributed by atoms with E-state index in [-0.39, 0.29) is 6.42 Å². The number of hydrogen-bond donors (Lipinski definition) is 1. The second-order valence-corrected chi connectivity index (χ2v) is 9.54. The molecule has 0 spiro atoms. The van der Waals surface area contributed by atoms with Gasteiger partial charge in [-0.15, -0.1) is 0 Å². The molecule has 1 aliphatic rings. The number of benzene rings is 2. The lowest BCUT2D eigenvalue weighted by Gasteiger charge is -2.20. The van der Waals surface area contributed by atoms with Gasteiger partial charge in [0.25, 0.3) is 0 Å². The smallest absolute Gasteiger partial charge is 0.227 e. The van der Waals surface area contributed by atoms with Gasteiger partial charge in [0.2, 0.25) is 5.95 Å². The van der Waals surface area contributed by atoms with E-state index in [0.29, 0.717) is 11.9 Å². The summed E-state index contributed by atoms with van der Waals surface area (Å²) in [6, 6.07) is 21.2. The van der Waals surface area contributed by atoms with Crippen molar-refractivity contribution >= 4 is 11.6 Å². The molecule has 182 valence electrons. The Labute approximate surface area is 212 Å². The zero-order valence-electron chi connectivity index (χ0n) is 20.7. The molecule has 5 rings (SSSR count). The van der Waals surface area contributed by atoms with E-state index in [0.717, 1.165) is 59.6 Å². The summed E-state index contributed by atoms with van der Waals surface area (Å²) in [5.41, 5.74) is 6.98. The normalized spacial score (nSPS) is 13.9. The molecule has 4 aromatic rings. The number of anilines is 2. The van der Waals surface area contributed by atoms with E-state index >= 15 is 0 Å². The lowest BCUT2D eigenvalue weighted by molar-refractivity contribution is 0.367. The maximum absolute atomic E-state index is 9.42. The summed E-state index contributed by atoms with van der Waals surface area (Å²) < 4.78 is 5.65. The van der Waals surface area contributed by atoms with Gasteiger partial charge in [0, 0.05) is 23.4 Å². The molecule has 1 aliphatic carbocycles. The predicted octanol–water partition coefficient (Wildman–Crippen LogP) is 7.08. The molecule has 0 unspecified atom stereocenters. The van der Waals surface area contributed by atoms with Gasteiger partial charge in [-0.3, -0.25) is 0 Å². The minimum Gasteiger partial charge on any atom is -0.361 e. The molecule has 2 aromatic carbocycles. The van der Waals surface area contributed by atoms with E-state index in [2.05, 4.69) is 70.1 Å². The molecule has 0 bridgehead atoms. The van der Waals surface area contributed by atoms with Gasteiger partial charge in [0.15, 0.2) is 0 Å². The molecule has 0 aliphatic heterocycles. The summed E-state index contributed by atoms with van der Waals surface area (Å²) in [4.78, 5) is 9.38. The number of aromatic nitrogens is 3. The molecule has 1 N–H and O–H groups in total. The molecule has 6 nitrogen and oxygen atoms in total. The predicted molar refractivity (Wildman–Crippen MR) is 141 cm³/mol. The van der Waals surface area contributed by atoms with Crippen LogP contribution >= 0.6 is 0 Å². The van der Waals surface area contributed by atoms with Gasteiger partial charge >= 0.3 is 0 Å². The van der Waals surface area contributed by atoms with E-state index in [1.165, 1.54) is 30.4 Å². The van der Waals surface area contributed by atoms with Crippen molar-refractivity contribution < 1.29 is 4.52 Å². The summed E-state index contributed by atoms with van der Waals surface area (Å²) in [6.45, 7) is 1.92. The molecule has 36 heavy (non-hydrogen) atoms. The largest absolute Gasteiger partial charge is 0.361 e. The monoisotopic (exact) mass is 477 g/mol. The minimum absolute atomic E-state index is 0.237. The highest BCUT2D eigenvalue weighted by atomic mass is 16.5. The quantitative estimate of drug-likeness (QED) is 0.292. The fourth-order valence-corrected chi connectivity index (χ4v) is 5.05. The molecule has 0 saturated heterocycles. The number of aryl methyl sites for hydroxylation is 3. The lowest BCUT2D eigenvalue weighted by Crippen LogP contribution is -2.08. The number of nitriles is 1. The average molecular weight is 478 g/mol. The molecule has 2 aromatic heterocycles. The maximum atomic E-state index is 9.42. The molecule has 1 fully saturated rings. The first-order valence-corrected chi connectivity index (χ1v) is 12.8. The fraction of sp³-hybridized carbons (Fsp3) is 0.333. The minimum atomic E-state index is 0.237. The summed E-state index contributed by atoms with van der Waals surface area (Å²) in [5, 5.41) is 17.2. The van der Waals surface area contributed by atoms with Crippen molar-refractivity contribution in [1.29, 1.82) is 5.26 Å². The standard InChI is InChI=1S/C30H31N5O/c1-21-27(29(35-36-21)24-10-6-3-7-11-24)28-25(18-19-31)20-32-30(34-28)33-26-16-14-23(15-17-26)13-12-22-8-4-2-5-9-22/h2,4-5,8-9,14-17,20,24H,3,6-7,10-13,18H2,1H3,(H,32,33,34). The summed E-state index contributed by atoms with van der Waals surface area (Å²) in [6.07, 6.45) is 9.90. The van der Waals surface area contributed by atoms with Crippen molar-refractivity contribution in [2.45, 2.75) is 64.2 Å². The third-order valence-corrected chi connectivity index (χ3v) is 7.01. The van der Waals surface area contributed by atoms with Crippen molar-refractivity contribution in [2.24, 2.45) is 0 Å². The number of hydrogen-bond acceptors (Lipinski definition) is 6. The Morgan fingerprint density at radius 1 is 0.972 bits per heavy atom. The molecular weight excluding hydrogens is 446 g/mol. The number of nitrogens with zero attached hydrogens (tertiary/aromatic N) is 4. The van der Waals surface area contributed by atoms with E-state index in [1.807, 2.05) is 13.0 Å². The van der Waals surface area contributed by atoms with Crippen LogP contribution in [0.1, 0.15) is 66.2 Å². The topological polar surface area (TPSA) is 87.6 Å². The molecular formula is C30H31N5O. The summed E-state index contributed by atoms with van der Waals surface area (Å²) >= 11 is 0. The van der Waals surface area contributed by atoms with Crippen LogP contribution in [0.25, 0.3) is 11.3 Å². The second kappa shape index (κ2) is 11.2. The van der Waals surface area contributed by atoms with E-state index in [9.17, 15) is 5.26 Å². The first-order valence-electron chi connectivity index (χ1n) is 12.8. The first kappa shape index (κ1) is 23.7. The third-order valence-electron chi connectivity index (χ3n) is 7.01. The highest BCUT2D eigenvalue weighted by molar-refractivity contribution is 5.70. The van der Waals surface area contributed by atoms with Crippen LogP contribution in [0.3, 0.4) is 0 Å². The SMILES string of the molecule is Cc1onc(C2CCCCC2)c1-c1nc(Nc2ccc(CCc3ccccc3)cc2)ncc1CC#N. The van der Waals surface area contributed by atoms with Crippen LogP contribution in [0.4, 0.5) is 11.6 Å². The molecule has 0 radical (unpaired) electrons. The highest BCUT2D eigenvalue weighted by Gasteiger charge is 2.27. The Hall–Kier alpha value is -3.98. The van der Waals surface area contributed by atoms with Crippen LogP contribution < -0.4 is 5.32 Å². The van der Waals surface area contributed by atoms with Crippen LogP contribution in [-0.2, 0) is 19.3 Å². The summed E-state index contributed by atoms with van der Waals surface area (Å²) in [7, 11) is 0. The Kier molecular flexibility index (Phi) is 7.37. The van der Waals surface area contributed by atoms with E-state index in [4.69, 9.17) is 9.51 Å². The molecule has 2 heterocycles.